The Bertz CT molecular complexity index is 1340. The number of hydrogen-bond acceptors (Lipinski definition) is 3. The lowest BCUT2D eigenvalue weighted by molar-refractivity contribution is 0.608. The minimum Gasteiger partial charge on any atom is -0.223 e. The van der Waals surface area contributed by atoms with Crippen LogP contribution in [0.2, 0.25) is 0 Å². The van der Waals surface area contributed by atoms with Crippen LogP contribution >= 0.6 is 11.3 Å². The van der Waals surface area contributed by atoms with Crippen molar-refractivity contribution in [1.82, 2.24) is 0 Å². The first-order valence-electron chi connectivity index (χ1n) is 10.8. The van der Waals surface area contributed by atoms with Crippen molar-refractivity contribution in [3.63, 3.8) is 0 Å². The molecule has 1 heterocycles. The smallest absolute Gasteiger partial charge is 0.182 e. The Morgan fingerprint density at radius 2 is 1.71 bits per heavy atom. The number of benzene rings is 2. The molecule has 0 atom stereocenters. The van der Waals surface area contributed by atoms with Crippen LogP contribution in [0.4, 0.5) is 0 Å². The molecule has 0 N–H and O–H groups in total. The van der Waals surface area contributed by atoms with E-state index in [2.05, 4.69) is 50.2 Å². The zero-order chi connectivity index (χ0) is 21.6. The number of rotatable bonds is 4. The Hall–Kier alpha value is -2.43. The molecule has 3 aromatic rings. The van der Waals surface area contributed by atoms with E-state index < -0.39 is 9.84 Å². The SMILES string of the molecule is Cc1cc(C=CCS(=O)(=O)C2=CCCc3c2ccc2c3CCc3ccccc3-2)c(C)s1. The van der Waals surface area contributed by atoms with Crippen molar-refractivity contribution >= 4 is 32.2 Å². The number of sulfone groups is 1. The summed E-state index contributed by atoms with van der Waals surface area (Å²) in [5.41, 5.74) is 8.58. The van der Waals surface area contributed by atoms with Crippen LogP contribution in [-0.2, 0) is 29.1 Å². The molecular weight excluding hydrogens is 420 g/mol. The van der Waals surface area contributed by atoms with E-state index >= 15 is 0 Å². The molecule has 0 radical (unpaired) electrons. The van der Waals surface area contributed by atoms with Crippen molar-refractivity contribution in [1.29, 1.82) is 0 Å². The summed E-state index contributed by atoms with van der Waals surface area (Å²) in [6, 6.07) is 14.9. The Morgan fingerprint density at radius 1 is 0.935 bits per heavy atom. The van der Waals surface area contributed by atoms with Gasteiger partial charge in [-0.2, -0.15) is 0 Å². The third-order valence-electron chi connectivity index (χ3n) is 6.40. The van der Waals surface area contributed by atoms with E-state index in [1.54, 1.807) is 17.4 Å². The van der Waals surface area contributed by atoms with Crippen LogP contribution in [0, 0.1) is 13.8 Å². The fourth-order valence-electron chi connectivity index (χ4n) is 4.97. The molecule has 0 amide bonds. The molecule has 5 rings (SSSR count). The summed E-state index contributed by atoms with van der Waals surface area (Å²) in [4.78, 5) is 2.98. The molecule has 2 aliphatic carbocycles. The molecule has 2 nitrogen and oxygen atoms in total. The molecule has 2 aliphatic rings. The van der Waals surface area contributed by atoms with Gasteiger partial charge < -0.3 is 0 Å². The molecule has 0 aliphatic heterocycles. The van der Waals surface area contributed by atoms with Gasteiger partial charge in [-0.05, 0) is 84.5 Å². The van der Waals surface area contributed by atoms with E-state index in [1.807, 2.05) is 18.2 Å². The lowest BCUT2D eigenvalue weighted by Crippen LogP contribution is -2.15. The first kappa shape index (κ1) is 20.5. The predicted molar refractivity (Wildman–Crippen MR) is 132 cm³/mol. The molecule has 0 saturated heterocycles. The van der Waals surface area contributed by atoms with Gasteiger partial charge in [-0.3, -0.25) is 0 Å². The van der Waals surface area contributed by atoms with Crippen molar-refractivity contribution in [2.45, 2.75) is 39.5 Å². The Labute approximate surface area is 188 Å². The third kappa shape index (κ3) is 3.72. The van der Waals surface area contributed by atoms with Crippen molar-refractivity contribution in [3.8, 4) is 11.1 Å². The molecule has 0 fully saturated rings. The summed E-state index contributed by atoms with van der Waals surface area (Å²) >= 11 is 1.74. The normalized spacial score (nSPS) is 15.4. The Kier molecular flexibility index (Phi) is 5.23. The minimum atomic E-state index is -3.38. The fourth-order valence-corrected chi connectivity index (χ4v) is 7.31. The summed E-state index contributed by atoms with van der Waals surface area (Å²) < 4.78 is 26.6. The van der Waals surface area contributed by atoms with Gasteiger partial charge in [0, 0.05) is 9.75 Å². The fraction of sp³-hybridized carbons (Fsp3) is 0.259. The minimum absolute atomic E-state index is 0.0343. The number of fused-ring (bicyclic) bond motifs is 5. The molecule has 4 heteroatoms. The highest BCUT2D eigenvalue weighted by Gasteiger charge is 2.28. The highest BCUT2D eigenvalue weighted by atomic mass is 32.2. The topological polar surface area (TPSA) is 34.1 Å². The molecule has 2 aromatic carbocycles. The van der Waals surface area contributed by atoms with Crippen LogP contribution in [0.5, 0.6) is 0 Å². The zero-order valence-electron chi connectivity index (χ0n) is 17.9. The maximum Gasteiger partial charge on any atom is 0.182 e. The van der Waals surface area contributed by atoms with Gasteiger partial charge >= 0.3 is 0 Å². The summed E-state index contributed by atoms with van der Waals surface area (Å²) in [6.45, 7) is 4.15. The van der Waals surface area contributed by atoms with Crippen LogP contribution in [0.3, 0.4) is 0 Å². The number of allylic oxidation sites excluding steroid dienone is 1. The van der Waals surface area contributed by atoms with E-state index in [0.29, 0.717) is 4.91 Å². The van der Waals surface area contributed by atoms with Crippen molar-refractivity contribution in [2.75, 3.05) is 5.75 Å². The second-order valence-corrected chi connectivity index (χ2v) is 11.9. The highest BCUT2D eigenvalue weighted by molar-refractivity contribution is 8.00. The first-order chi connectivity index (χ1) is 14.9. The van der Waals surface area contributed by atoms with Gasteiger partial charge in [-0.15, -0.1) is 11.3 Å². The van der Waals surface area contributed by atoms with E-state index in [4.69, 9.17) is 0 Å². The van der Waals surface area contributed by atoms with Gasteiger partial charge in [0.15, 0.2) is 9.84 Å². The molecule has 1 aromatic heterocycles. The van der Waals surface area contributed by atoms with Crippen LogP contribution in [0.25, 0.3) is 22.1 Å². The van der Waals surface area contributed by atoms with Gasteiger partial charge in [-0.25, -0.2) is 8.42 Å². The van der Waals surface area contributed by atoms with Crippen LogP contribution in [0.15, 0.2) is 54.6 Å². The number of thiophene rings is 1. The quantitative estimate of drug-likeness (QED) is 0.456. The van der Waals surface area contributed by atoms with E-state index in [1.165, 1.54) is 37.6 Å². The van der Waals surface area contributed by atoms with Crippen LogP contribution in [0.1, 0.15) is 44.0 Å². The van der Waals surface area contributed by atoms with Gasteiger partial charge in [-0.1, -0.05) is 54.6 Å². The van der Waals surface area contributed by atoms with Crippen molar-refractivity contribution in [2.24, 2.45) is 0 Å². The van der Waals surface area contributed by atoms with Gasteiger partial charge in [0.2, 0.25) is 0 Å². The maximum absolute atomic E-state index is 13.3. The van der Waals surface area contributed by atoms with Crippen LogP contribution in [-0.4, -0.2) is 14.2 Å². The molecule has 0 bridgehead atoms. The predicted octanol–water partition coefficient (Wildman–Crippen LogP) is 6.55. The first-order valence-corrected chi connectivity index (χ1v) is 13.3. The van der Waals surface area contributed by atoms with E-state index in [-0.39, 0.29) is 5.75 Å². The van der Waals surface area contributed by atoms with Gasteiger partial charge in [0.1, 0.15) is 0 Å². The second kappa shape index (κ2) is 7.92. The summed E-state index contributed by atoms with van der Waals surface area (Å²) in [7, 11) is -3.38. The summed E-state index contributed by atoms with van der Waals surface area (Å²) in [5, 5.41) is 0. The van der Waals surface area contributed by atoms with Crippen LogP contribution < -0.4 is 0 Å². The molecular formula is C27H26O2S2. The van der Waals surface area contributed by atoms with Crippen molar-refractivity contribution < 1.29 is 8.42 Å². The molecule has 158 valence electrons. The van der Waals surface area contributed by atoms with Gasteiger partial charge in [0.05, 0.1) is 10.7 Å². The maximum atomic E-state index is 13.3. The third-order valence-corrected chi connectivity index (χ3v) is 9.07. The standard InChI is InChI=1S/C27H26O2S2/c1-18-17-21(19(2)30-18)8-6-16-31(28,29)27-11-5-10-23-25-13-12-20-7-3-4-9-22(20)24(25)14-15-26(23)27/h3-4,6-9,11,14-15,17H,5,10,12-13,16H2,1-2H3. The molecule has 0 saturated carbocycles. The highest BCUT2D eigenvalue weighted by Crippen LogP contribution is 2.41. The van der Waals surface area contributed by atoms with E-state index in [9.17, 15) is 8.42 Å². The Morgan fingerprint density at radius 3 is 2.52 bits per heavy atom. The lowest BCUT2D eigenvalue weighted by Gasteiger charge is -2.27. The Balaban J connectivity index is 1.48. The monoisotopic (exact) mass is 446 g/mol. The molecule has 0 unspecified atom stereocenters. The van der Waals surface area contributed by atoms with Gasteiger partial charge in [0.25, 0.3) is 0 Å². The van der Waals surface area contributed by atoms with E-state index in [0.717, 1.165) is 36.8 Å². The largest absolute Gasteiger partial charge is 0.223 e. The molecule has 0 spiro atoms. The number of aryl methyl sites for hydroxylation is 3. The lowest BCUT2D eigenvalue weighted by atomic mass is 9.79. The second-order valence-electron chi connectivity index (χ2n) is 8.43. The van der Waals surface area contributed by atoms with Crippen molar-refractivity contribution in [3.05, 3.63) is 92.2 Å². The molecule has 31 heavy (non-hydrogen) atoms. The number of hydrogen-bond donors (Lipinski definition) is 0. The zero-order valence-corrected chi connectivity index (χ0v) is 19.6. The summed E-state index contributed by atoms with van der Waals surface area (Å²) in [6.07, 6.45) is 9.38. The average Bonchev–Trinajstić information content (AvgIpc) is 3.09. The average molecular weight is 447 g/mol. The summed E-state index contributed by atoms with van der Waals surface area (Å²) in [5.74, 6) is 0.0343.